The van der Waals surface area contributed by atoms with E-state index in [1.165, 1.54) is 19.3 Å². The van der Waals surface area contributed by atoms with Gasteiger partial charge in [-0.1, -0.05) is 42.1 Å². The van der Waals surface area contributed by atoms with E-state index in [1.807, 2.05) is 18.2 Å². The molecule has 0 bridgehead atoms. The fourth-order valence-corrected chi connectivity index (χ4v) is 1.91. The Bertz CT molecular complexity index is 380. The van der Waals surface area contributed by atoms with Crippen molar-refractivity contribution in [3.05, 3.63) is 28.2 Å². The van der Waals surface area contributed by atoms with Gasteiger partial charge < -0.3 is 10.5 Å². The largest absolute Gasteiger partial charge is 0.493 e. The molecule has 0 heterocycles. The summed E-state index contributed by atoms with van der Waals surface area (Å²) in [6, 6.07) is 5.55. The molecule has 4 heteroatoms. The number of rotatable bonds is 7. The van der Waals surface area contributed by atoms with Gasteiger partial charge >= 0.3 is 0 Å². The van der Waals surface area contributed by atoms with Crippen molar-refractivity contribution in [2.75, 3.05) is 6.61 Å². The molecule has 3 nitrogen and oxygen atoms in total. The van der Waals surface area contributed by atoms with Crippen LogP contribution in [0.25, 0.3) is 0 Å². The third-order valence-electron chi connectivity index (χ3n) is 2.49. The maximum Gasteiger partial charge on any atom is 0.130 e. The molecular formula is C13H19BrN2O. The summed E-state index contributed by atoms with van der Waals surface area (Å²) >= 11 is 3.36. The van der Waals surface area contributed by atoms with E-state index in [-0.39, 0.29) is 5.84 Å². The Morgan fingerprint density at radius 2 is 2.12 bits per heavy atom. The van der Waals surface area contributed by atoms with Gasteiger partial charge in [0.05, 0.1) is 12.2 Å². The highest BCUT2D eigenvalue weighted by Gasteiger charge is 2.07. The number of halogens is 1. The minimum atomic E-state index is 0.0369. The summed E-state index contributed by atoms with van der Waals surface area (Å²) in [4.78, 5) is 0. The van der Waals surface area contributed by atoms with Crippen molar-refractivity contribution in [1.82, 2.24) is 0 Å². The first-order valence-corrected chi connectivity index (χ1v) is 6.71. The highest BCUT2D eigenvalue weighted by atomic mass is 79.9. The third-order valence-corrected chi connectivity index (χ3v) is 2.98. The lowest BCUT2D eigenvalue weighted by atomic mass is 10.2. The lowest BCUT2D eigenvalue weighted by Crippen LogP contribution is -2.13. The maximum atomic E-state index is 7.50. The van der Waals surface area contributed by atoms with Crippen LogP contribution < -0.4 is 10.5 Å². The van der Waals surface area contributed by atoms with Crippen LogP contribution in [0.4, 0.5) is 0 Å². The summed E-state index contributed by atoms with van der Waals surface area (Å²) in [7, 11) is 0. The van der Waals surface area contributed by atoms with Gasteiger partial charge in [-0.2, -0.15) is 0 Å². The Balaban J connectivity index is 2.55. The molecule has 0 radical (unpaired) electrons. The Hall–Kier alpha value is -1.03. The summed E-state index contributed by atoms with van der Waals surface area (Å²) in [5.41, 5.74) is 6.17. The van der Waals surface area contributed by atoms with Gasteiger partial charge in [0, 0.05) is 4.47 Å². The van der Waals surface area contributed by atoms with E-state index in [9.17, 15) is 0 Å². The normalized spacial score (nSPS) is 10.2. The molecule has 3 N–H and O–H groups in total. The first-order valence-electron chi connectivity index (χ1n) is 5.92. The van der Waals surface area contributed by atoms with Gasteiger partial charge in [0.25, 0.3) is 0 Å². The lowest BCUT2D eigenvalue weighted by Gasteiger charge is -2.10. The number of unbranched alkanes of at least 4 members (excludes halogenated alkanes) is 3. The van der Waals surface area contributed by atoms with E-state index in [0.29, 0.717) is 17.9 Å². The average molecular weight is 299 g/mol. The minimum Gasteiger partial charge on any atom is -0.493 e. The van der Waals surface area contributed by atoms with Crippen molar-refractivity contribution in [2.24, 2.45) is 5.73 Å². The van der Waals surface area contributed by atoms with Crippen LogP contribution in [0.15, 0.2) is 22.7 Å². The fourth-order valence-electron chi connectivity index (χ4n) is 1.55. The number of nitrogens with two attached hydrogens (primary N) is 1. The van der Waals surface area contributed by atoms with Gasteiger partial charge in [-0.25, -0.2) is 0 Å². The van der Waals surface area contributed by atoms with E-state index in [0.717, 1.165) is 10.9 Å². The Labute approximate surface area is 111 Å². The lowest BCUT2D eigenvalue weighted by molar-refractivity contribution is 0.304. The number of nitrogens with one attached hydrogen (secondary N) is 1. The second kappa shape index (κ2) is 7.33. The van der Waals surface area contributed by atoms with Crippen molar-refractivity contribution in [3.63, 3.8) is 0 Å². The van der Waals surface area contributed by atoms with Crippen molar-refractivity contribution in [1.29, 1.82) is 5.41 Å². The predicted molar refractivity (Wildman–Crippen MR) is 74.8 cm³/mol. The molecule has 0 spiro atoms. The van der Waals surface area contributed by atoms with Crippen LogP contribution in [0.3, 0.4) is 0 Å². The van der Waals surface area contributed by atoms with Crippen molar-refractivity contribution in [2.45, 2.75) is 32.6 Å². The summed E-state index contributed by atoms with van der Waals surface area (Å²) in [5.74, 6) is 0.729. The molecule has 0 aliphatic rings. The zero-order valence-electron chi connectivity index (χ0n) is 10.1. The highest BCUT2D eigenvalue weighted by Crippen LogP contribution is 2.23. The third kappa shape index (κ3) is 4.77. The smallest absolute Gasteiger partial charge is 0.130 e. The topological polar surface area (TPSA) is 59.1 Å². The van der Waals surface area contributed by atoms with Gasteiger partial charge in [-0.3, -0.25) is 5.41 Å². The zero-order valence-corrected chi connectivity index (χ0v) is 11.7. The second-order valence-electron chi connectivity index (χ2n) is 3.96. The number of hydrogen-bond donors (Lipinski definition) is 2. The van der Waals surface area contributed by atoms with Crippen LogP contribution in [-0.4, -0.2) is 12.4 Å². The number of benzene rings is 1. The van der Waals surface area contributed by atoms with Gasteiger partial charge in [-0.15, -0.1) is 0 Å². The van der Waals surface area contributed by atoms with Gasteiger partial charge in [0.1, 0.15) is 11.6 Å². The minimum absolute atomic E-state index is 0.0369. The van der Waals surface area contributed by atoms with E-state index in [2.05, 4.69) is 22.9 Å². The van der Waals surface area contributed by atoms with Crippen molar-refractivity contribution >= 4 is 21.8 Å². The summed E-state index contributed by atoms with van der Waals surface area (Å²) in [5, 5.41) is 7.50. The quantitative estimate of drug-likeness (QED) is 0.458. The Kier molecular flexibility index (Phi) is 6.05. The van der Waals surface area contributed by atoms with Crippen LogP contribution in [0, 0.1) is 5.41 Å². The molecule has 0 amide bonds. The van der Waals surface area contributed by atoms with Crippen LogP contribution in [0.2, 0.25) is 0 Å². The number of hydrogen-bond acceptors (Lipinski definition) is 2. The van der Waals surface area contributed by atoms with Crippen LogP contribution in [0.5, 0.6) is 5.75 Å². The molecule has 1 aromatic carbocycles. The predicted octanol–water partition coefficient (Wildman–Crippen LogP) is 3.69. The van der Waals surface area contributed by atoms with E-state index < -0.39 is 0 Å². The van der Waals surface area contributed by atoms with Crippen molar-refractivity contribution < 1.29 is 4.74 Å². The number of amidine groups is 1. The molecule has 0 saturated carbocycles. The molecule has 94 valence electrons. The molecule has 0 unspecified atom stereocenters. The maximum absolute atomic E-state index is 7.50. The second-order valence-corrected chi connectivity index (χ2v) is 4.88. The van der Waals surface area contributed by atoms with E-state index in [4.69, 9.17) is 15.9 Å². The molecule has 0 aliphatic heterocycles. The van der Waals surface area contributed by atoms with Crippen LogP contribution >= 0.6 is 15.9 Å². The molecule has 0 aliphatic carbocycles. The van der Waals surface area contributed by atoms with Crippen molar-refractivity contribution in [3.8, 4) is 5.75 Å². The molecule has 1 aromatic rings. The van der Waals surface area contributed by atoms with E-state index in [1.54, 1.807) is 0 Å². The molecule has 0 fully saturated rings. The standard InChI is InChI=1S/C13H19BrN2O/c1-2-3-4-5-8-17-12-7-6-10(14)9-11(12)13(15)16/h6-7,9H,2-5,8H2,1H3,(H3,15,16). The van der Waals surface area contributed by atoms with Crippen LogP contribution in [0.1, 0.15) is 38.2 Å². The Morgan fingerprint density at radius 3 is 2.76 bits per heavy atom. The molecule has 1 rings (SSSR count). The summed E-state index contributed by atoms with van der Waals surface area (Å²) in [6.07, 6.45) is 4.68. The van der Waals surface area contributed by atoms with E-state index >= 15 is 0 Å². The van der Waals surface area contributed by atoms with Gasteiger partial charge in [-0.05, 0) is 24.6 Å². The summed E-state index contributed by atoms with van der Waals surface area (Å²) < 4.78 is 6.56. The summed E-state index contributed by atoms with van der Waals surface area (Å²) in [6.45, 7) is 2.87. The molecule has 0 saturated heterocycles. The van der Waals surface area contributed by atoms with Crippen LogP contribution in [-0.2, 0) is 0 Å². The molecular weight excluding hydrogens is 280 g/mol. The fraction of sp³-hybridized carbons (Fsp3) is 0.462. The number of nitrogen functional groups attached to an aromatic ring is 1. The molecule has 0 aromatic heterocycles. The highest BCUT2D eigenvalue weighted by molar-refractivity contribution is 9.10. The zero-order chi connectivity index (χ0) is 12.7. The average Bonchev–Trinajstić information content (AvgIpc) is 2.30. The molecule has 17 heavy (non-hydrogen) atoms. The number of ether oxygens (including phenoxy) is 1. The first kappa shape index (κ1) is 14.0. The first-order chi connectivity index (χ1) is 8.15. The Morgan fingerprint density at radius 1 is 1.35 bits per heavy atom. The SMILES string of the molecule is CCCCCCOc1ccc(Br)cc1C(=N)N. The van der Waals surface area contributed by atoms with Gasteiger partial charge in [0.2, 0.25) is 0 Å². The molecule has 0 atom stereocenters. The monoisotopic (exact) mass is 298 g/mol. The van der Waals surface area contributed by atoms with Gasteiger partial charge in [0.15, 0.2) is 0 Å².